The molecule has 1 unspecified atom stereocenters. The van der Waals surface area contributed by atoms with Gasteiger partial charge in [-0.2, -0.15) is 11.8 Å². The zero-order chi connectivity index (χ0) is 8.97. The summed E-state index contributed by atoms with van der Waals surface area (Å²) in [7, 11) is 0. The monoisotopic (exact) mass is 189 g/mol. The number of carbonyl (C=O) groups is 1. The Balaban J connectivity index is 1.89. The van der Waals surface area contributed by atoms with Crippen molar-refractivity contribution in [2.75, 3.05) is 11.5 Å². The van der Waals surface area contributed by atoms with Gasteiger partial charge in [0.1, 0.15) is 6.04 Å². The average molecular weight is 189 g/mol. The third-order valence-electron chi connectivity index (χ3n) is 1.98. The van der Waals surface area contributed by atoms with E-state index in [0.717, 1.165) is 11.7 Å². The van der Waals surface area contributed by atoms with E-state index in [9.17, 15) is 4.79 Å². The molecule has 0 spiro atoms. The molecular formula is C8H15NO2S. The van der Waals surface area contributed by atoms with Crippen LogP contribution in [0.4, 0.5) is 0 Å². The molecule has 3 nitrogen and oxygen atoms in total. The van der Waals surface area contributed by atoms with E-state index in [0.29, 0.717) is 5.75 Å². The first-order chi connectivity index (χ1) is 5.70. The smallest absolute Gasteiger partial charge is 0.321 e. The molecule has 1 aliphatic carbocycles. The molecule has 0 radical (unpaired) electrons. The predicted molar refractivity (Wildman–Crippen MR) is 50.3 cm³/mol. The molecule has 0 amide bonds. The molecule has 1 fully saturated rings. The molecule has 12 heavy (non-hydrogen) atoms. The van der Waals surface area contributed by atoms with Gasteiger partial charge in [-0.1, -0.05) is 12.8 Å². The van der Waals surface area contributed by atoms with E-state index in [1.807, 2.05) is 0 Å². The van der Waals surface area contributed by atoms with Crippen LogP contribution in [0.2, 0.25) is 0 Å². The van der Waals surface area contributed by atoms with Crippen LogP contribution in [-0.4, -0.2) is 28.6 Å². The standard InChI is InChI=1S/C8H15NO2S/c9-7(8(10)11)5-12-4-3-6-1-2-6/h6-7H,1-5,9H2,(H,10,11). The molecule has 0 heterocycles. The highest BCUT2D eigenvalue weighted by molar-refractivity contribution is 7.99. The summed E-state index contributed by atoms with van der Waals surface area (Å²) >= 11 is 1.65. The molecule has 1 aliphatic rings. The maximum atomic E-state index is 10.3. The van der Waals surface area contributed by atoms with Crippen molar-refractivity contribution in [3.63, 3.8) is 0 Å². The lowest BCUT2D eigenvalue weighted by molar-refractivity contribution is -0.137. The summed E-state index contributed by atoms with van der Waals surface area (Å²) in [4.78, 5) is 10.3. The Morgan fingerprint density at radius 2 is 2.33 bits per heavy atom. The summed E-state index contributed by atoms with van der Waals surface area (Å²) in [5, 5.41) is 8.46. The Bertz CT molecular complexity index is 159. The quantitative estimate of drug-likeness (QED) is 0.610. The number of aliphatic carboxylic acids is 1. The molecule has 0 aromatic heterocycles. The summed E-state index contributed by atoms with van der Waals surface area (Å²) in [6.07, 6.45) is 3.97. The molecule has 1 atom stereocenters. The fourth-order valence-corrected chi connectivity index (χ4v) is 2.00. The van der Waals surface area contributed by atoms with Gasteiger partial charge >= 0.3 is 5.97 Å². The number of nitrogens with two attached hydrogens (primary N) is 1. The first kappa shape index (κ1) is 9.86. The minimum Gasteiger partial charge on any atom is -0.480 e. The molecule has 1 saturated carbocycles. The van der Waals surface area contributed by atoms with Gasteiger partial charge in [0.05, 0.1) is 0 Å². The number of hydrogen-bond acceptors (Lipinski definition) is 3. The molecule has 0 aromatic carbocycles. The summed E-state index contributed by atoms with van der Waals surface area (Å²) in [6.45, 7) is 0. The second-order valence-electron chi connectivity index (χ2n) is 3.25. The molecule has 0 bridgehead atoms. The van der Waals surface area contributed by atoms with E-state index in [-0.39, 0.29) is 0 Å². The van der Waals surface area contributed by atoms with Gasteiger partial charge in [-0.15, -0.1) is 0 Å². The third-order valence-corrected chi connectivity index (χ3v) is 3.10. The molecule has 4 heteroatoms. The first-order valence-electron chi connectivity index (χ1n) is 4.26. The molecule has 70 valence electrons. The lowest BCUT2D eigenvalue weighted by Gasteiger charge is -2.04. The SMILES string of the molecule is NC(CSCCC1CC1)C(=O)O. The lowest BCUT2D eigenvalue weighted by Crippen LogP contribution is -2.32. The zero-order valence-corrected chi connectivity index (χ0v) is 7.85. The summed E-state index contributed by atoms with van der Waals surface area (Å²) in [6, 6.07) is -0.686. The molecule has 0 aliphatic heterocycles. The van der Waals surface area contributed by atoms with Crippen LogP contribution in [0, 0.1) is 5.92 Å². The summed E-state index contributed by atoms with van der Waals surface area (Å²) in [5.41, 5.74) is 5.33. The van der Waals surface area contributed by atoms with Gasteiger partial charge in [0.15, 0.2) is 0 Å². The second kappa shape index (κ2) is 4.72. The topological polar surface area (TPSA) is 63.3 Å². The minimum atomic E-state index is -0.895. The van der Waals surface area contributed by atoms with E-state index in [2.05, 4.69) is 0 Å². The normalized spacial score (nSPS) is 19.1. The highest BCUT2D eigenvalue weighted by Gasteiger charge is 2.20. The van der Waals surface area contributed by atoms with Crippen molar-refractivity contribution in [2.45, 2.75) is 25.3 Å². The Morgan fingerprint density at radius 1 is 1.67 bits per heavy atom. The number of hydrogen-bond donors (Lipinski definition) is 2. The number of carboxylic acids is 1. The van der Waals surface area contributed by atoms with Crippen molar-refractivity contribution in [2.24, 2.45) is 11.7 Å². The van der Waals surface area contributed by atoms with E-state index in [4.69, 9.17) is 10.8 Å². The Hall–Kier alpha value is -0.220. The van der Waals surface area contributed by atoms with Crippen molar-refractivity contribution in [1.82, 2.24) is 0 Å². The van der Waals surface area contributed by atoms with Gasteiger partial charge in [0.2, 0.25) is 0 Å². The first-order valence-corrected chi connectivity index (χ1v) is 5.41. The van der Waals surface area contributed by atoms with Crippen molar-refractivity contribution < 1.29 is 9.90 Å². The highest BCUT2D eigenvalue weighted by atomic mass is 32.2. The zero-order valence-electron chi connectivity index (χ0n) is 7.03. The van der Waals surface area contributed by atoms with Crippen LogP contribution >= 0.6 is 11.8 Å². The van der Waals surface area contributed by atoms with Gasteiger partial charge < -0.3 is 10.8 Å². The molecule has 3 N–H and O–H groups in total. The average Bonchev–Trinajstić information content (AvgIpc) is 2.80. The molecule has 0 aromatic rings. The van der Waals surface area contributed by atoms with Crippen LogP contribution in [0.1, 0.15) is 19.3 Å². The van der Waals surface area contributed by atoms with Crippen LogP contribution in [-0.2, 0) is 4.79 Å². The second-order valence-corrected chi connectivity index (χ2v) is 4.40. The predicted octanol–water partition coefficient (Wildman–Crippen LogP) is 0.932. The van der Waals surface area contributed by atoms with E-state index < -0.39 is 12.0 Å². The van der Waals surface area contributed by atoms with Crippen molar-refractivity contribution in [3.05, 3.63) is 0 Å². The van der Waals surface area contributed by atoms with E-state index in [1.165, 1.54) is 19.3 Å². The van der Waals surface area contributed by atoms with Gasteiger partial charge in [-0.25, -0.2) is 0 Å². The fourth-order valence-electron chi connectivity index (χ4n) is 0.938. The van der Waals surface area contributed by atoms with Crippen molar-refractivity contribution >= 4 is 17.7 Å². The van der Waals surface area contributed by atoms with Gasteiger partial charge in [-0.05, 0) is 18.1 Å². The van der Waals surface area contributed by atoms with E-state index in [1.54, 1.807) is 11.8 Å². The van der Waals surface area contributed by atoms with Gasteiger partial charge in [0.25, 0.3) is 0 Å². The van der Waals surface area contributed by atoms with Crippen LogP contribution in [0.5, 0.6) is 0 Å². The molecule has 1 rings (SSSR count). The van der Waals surface area contributed by atoms with Crippen LogP contribution in [0.3, 0.4) is 0 Å². The highest BCUT2D eigenvalue weighted by Crippen LogP contribution is 2.33. The largest absolute Gasteiger partial charge is 0.480 e. The Labute approximate surface area is 76.7 Å². The van der Waals surface area contributed by atoms with Gasteiger partial charge in [0, 0.05) is 5.75 Å². The maximum Gasteiger partial charge on any atom is 0.321 e. The number of rotatable bonds is 6. The Kier molecular flexibility index (Phi) is 3.88. The van der Waals surface area contributed by atoms with Crippen LogP contribution in [0.15, 0.2) is 0 Å². The summed E-state index contributed by atoms with van der Waals surface area (Å²) in [5.74, 6) is 1.64. The van der Waals surface area contributed by atoms with Crippen molar-refractivity contribution in [3.8, 4) is 0 Å². The fraction of sp³-hybridized carbons (Fsp3) is 0.875. The molecule has 0 saturated heterocycles. The summed E-state index contributed by atoms with van der Waals surface area (Å²) < 4.78 is 0. The molecular weight excluding hydrogens is 174 g/mol. The van der Waals surface area contributed by atoms with Gasteiger partial charge in [-0.3, -0.25) is 4.79 Å². The van der Waals surface area contributed by atoms with Crippen LogP contribution < -0.4 is 5.73 Å². The van der Waals surface area contributed by atoms with E-state index >= 15 is 0 Å². The number of thioether (sulfide) groups is 1. The van der Waals surface area contributed by atoms with Crippen LogP contribution in [0.25, 0.3) is 0 Å². The maximum absolute atomic E-state index is 10.3. The Morgan fingerprint density at radius 3 is 2.83 bits per heavy atom. The third kappa shape index (κ3) is 3.97. The van der Waals surface area contributed by atoms with Crippen molar-refractivity contribution in [1.29, 1.82) is 0 Å². The minimum absolute atomic E-state index is 0.544. The number of carboxylic acid groups (broad SMARTS) is 1. The lowest BCUT2D eigenvalue weighted by atomic mass is 10.3.